The third-order valence-electron chi connectivity index (χ3n) is 9.43. The van der Waals surface area contributed by atoms with Crippen molar-refractivity contribution >= 4 is 22.1 Å². The van der Waals surface area contributed by atoms with Crippen molar-refractivity contribution < 1.29 is 50.6 Å². The number of carbonyl (C=O) groups excluding carboxylic acids is 2. The standard InChI is InChI=1S/C43H58O11S/c1-4-21-36(28-19-8-6-5-7-9-20-29-38(44)48-2)52-43-41(54-42(45)35-26-17-12-18-27-35)40(50-31-34-24-15-11-16-25-34)39(37(53-43)32-51-55(3,46)47)49-30-33-22-13-10-14-23-33/h10-18,22-27,36-37,39-41,43H,4-9,19-21,28-32H2,1-3H3/t36-,37+,39+,40-,41+,43+/m0/s1. The summed E-state index contributed by atoms with van der Waals surface area (Å²) in [6.45, 7) is 2.04. The predicted molar refractivity (Wildman–Crippen MR) is 208 cm³/mol. The molecule has 302 valence electrons. The van der Waals surface area contributed by atoms with E-state index in [0.29, 0.717) is 12.0 Å². The highest BCUT2D eigenvalue weighted by atomic mass is 32.2. The van der Waals surface area contributed by atoms with Gasteiger partial charge in [0.05, 0.1) is 44.9 Å². The van der Waals surface area contributed by atoms with Gasteiger partial charge in [-0.3, -0.25) is 8.98 Å². The summed E-state index contributed by atoms with van der Waals surface area (Å²) in [7, 11) is -2.44. The van der Waals surface area contributed by atoms with Crippen LogP contribution in [0, 0.1) is 0 Å². The number of ether oxygens (including phenoxy) is 6. The van der Waals surface area contributed by atoms with Crippen molar-refractivity contribution in [2.24, 2.45) is 0 Å². The van der Waals surface area contributed by atoms with E-state index < -0.39 is 46.8 Å². The first-order chi connectivity index (χ1) is 26.7. The lowest BCUT2D eigenvalue weighted by Gasteiger charge is -2.46. The van der Waals surface area contributed by atoms with Gasteiger partial charge in [0, 0.05) is 6.42 Å². The van der Waals surface area contributed by atoms with E-state index in [1.54, 1.807) is 24.3 Å². The van der Waals surface area contributed by atoms with Crippen LogP contribution in [-0.2, 0) is 60.7 Å². The highest BCUT2D eigenvalue weighted by molar-refractivity contribution is 7.85. The first-order valence-corrected chi connectivity index (χ1v) is 21.3. The van der Waals surface area contributed by atoms with Gasteiger partial charge >= 0.3 is 11.9 Å². The van der Waals surface area contributed by atoms with E-state index in [2.05, 4.69) is 6.92 Å². The quantitative estimate of drug-likeness (QED) is 0.0471. The molecule has 6 atom stereocenters. The van der Waals surface area contributed by atoms with E-state index in [9.17, 15) is 18.0 Å². The van der Waals surface area contributed by atoms with Gasteiger partial charge in [-0.2, -0.15) is 8.42 Å². The second-order valence-electron chi connectivity index (χ2n) is 13.9. The summed E-state index contributed by atoms with van der Waals surface area (Å²) in [6, 6.07) is 27.8. The molecule has 0 unspecified atom stereocenters. The maximum Gasteiger partial charge on any atom is 0.338 e. The average Bonchev–Trinajstić information content (AvgIpc) is 3.19. The Morgan fingerprint density at radius 1 is 0.709 bits per heavy atom. The molecule has 0 radical (unpaired) electrons. The van der Waals surface area contributed by atoms with Crippen LogP contribution in [0.15, 0.2) is 91.0 Å². The molecule has 0 saturated carbocycles. The van der Waals surface area contributed by atoms with Crippen LogP contribution in [0.4, 0.5) is 0 Å². The summed E-state index contributed by atoms with van der Waals surface area (Å²) in [5, 5.41) is 0. The molecule has 0 aliphatic carbocycles. The molecule has 0 spiro atoms. The van der Waals surface area contributed by atoms with Gasteiger partial charge in [0.15, 0.2) is 12.4 Å². The second kappa shape index (κ2) is 24.1. The number of benzene rings is 3. The smallest absolute Gasteiger partial charge is 0.338 e. The largest absolute Gasteiger partial charge is 0.469 e. The number of unbranched alkanes of at least 4 members (excludes halogenated alkanes) is 6. The first kappa shape index (κ1) is 44.1. The Balaban J connectivity index is 1.58. The highest BCUT2D eigenvalue weighted by Crippen LogP contribution is 2.33. The molecule has 1 aliphatic heterocycles. The van der Waals surface area contributed by atoms with E-state index in [0.717, 1.165) is 81.6 Å². The van der Waals surface area contributed by atoms with Crippen LogP contribution in [0.2, 0.25) is 0 Å². The number of rotatable bonds is 25. The van der Waals surface area contributed by atoms with Crippen molar-refractivity contribution in [1.82, 2.24) is 0 Å². The molecule has 0 bridgehead atoms. The molecule has 1 fully saturated rings. The highest BCUT2D eigenvalue weighted by Gasteiger charge is 2.51. The molecule has 0 amide bonds. The van der Waals surface area contributed by atoms with Crippen LogP contribution in [0.5, 0.6) is 0 Å². The van der Waals surface area contributed by atoms with Gasteiger partial charge in [0.1, 0.15) is 18.3 Å². The Hall–Kier alpha value is -3.65. The van der Waals surface area contributed by atoms with Crippen LogP contribution in [0.1, 0.15) is 99.0 Å². The Bertz CT molecular complexity index is 1620. The summed E-state index contributed by atoms with van der Waals surface area (Å²) in [5.74, 6) is -0.748. The Kier molecular flexibility index (Phi) is 19.3. The van der Waals surface area contributed by atoms with Crippen LogP contribution in [0.3, 0.4) is 0 Å². The molecule has 4 rings (SSSR count). The summed E-state index contributed by atoms with van der Waals surface area (Å²) in [5.41, 5.74) is 2.12. The second-order valence-corrected chi connectivity index (χ2v) is 15.6. The van der Waals surface area contributed by atoms with Gasteiger partial charge in [-0.15, -0.1) is 0 Å². The van der Waals surface area contributed by atoms with Crippen molar-refractivity contribution in [3.8, 4) is 0 Å². The Labute approximate surface area is 327 Å². The fourth-order valence-electron chi connectivity index (χ4n) is 6.55. The number of hydrogen-bond acceptors (Lipinski definition) is 11. The molecule has 1 heterocycles. The topological polar surface area (TPSA) is 133 Å². The molecule has 55 heavy (non-hydrogen) atoms. The molecular weight excluding hydrogens is 725 g/mol. The fourth-order valence-corrected chi connectivity index (χ4v) is 6.93. The molecule has 3 aromatic rings. The zero-order valence-electron chi connectivity index (χ0n) is 32.4. The van der Waals surface area contributed by atoms with Gasteiger partial charge in [-0.1, -0.05) is 131 Å². The molecule has 12 heteroatoms. The predicted octanol–water partition coefficient (Wildman–Crippen LogP) is 7.95. The van der Waals surface area contributed by atoms with Crippen LogP contribution < -0.4 is 0 Å². The SMILES string of the molecule is CCC[C@@H](CCCCCCCCCC(=O)OC)O[C@@H]1O[C@H](COS(C)(=O)=O)[C@@H](OCc2ccccc2)[C@H](OCc2ccccc2)[C@H]1OC(=O)c1ccccc1. The van der Waals surface area contributed by atoms with Crippen molar-refractivity contribution in [1.29, 1.82) is 0 Å². The average molecular weight is 783 g/mol. The lowest BCUT2D eigenvalue weighted by atomic mass is 9.97. The van der Waals surface area contributed by atoms with Crippen molar-refractivity contribution in [3.63, 3.8) is 0 Å². The monoisotopic (exact) mass is 782 g/mol. The van der Waals surface area contributed by atoms with Crippen molar-refractivity contribution in [3.05, 3.63) is 108 Å². The lowest BCUT2D eigenvalue weighted by Crippen LogP contribution is -2.62. The maximum absolute atomic E-state index is 13.7. The molecule has 1 aliphatic rings. The number of carbonyl (C=O) groups is 2. The third-order valence-corrected chi connectivity index (χ3v) is 10.00. The molecule has 0 aromatic heterocycles. The van der Waals surface area contributed by atoms with E-state index in [1.165, 1.54) is 7.11 Å². The molecular formula is C43H58O11S. The molecule has 11 nitrogen and oxygen atoms in total. The van der Waals surface area contributed by atoms with E-state index in [1.807, 2.05) is 66.7 Å². The Morgan fingerprint density at radius 2 is 1.25 bits per heavy atom. The zero-order chi connectivity index (χ0) is 39.3. The van der Waals surface area contributed by atoms with Gasteiger partial charge in [0.2, 0.25) is 0 Å². The molecule has 3 aromatic carbocycles. The van der Waals surface area contributed by atoms with Crippen LogP contribution in [-0.4, -0.2) is 77.1 Å². The summed E-state index contributed by atoms with van der Waals surface area (Å²) in [6.07, 6.45) is 5.48. The van der Waals surface area contributed by atoms with E-state index >= 15 is 0 Å². The number of methoxy groups -OCH3 is 1. The van der Waals surface area contributed by atoms with Crippen molar-refractivity contribution in [2.75, 3.05) is 20.0 Å². The lowest BCUT2D eigenvalue weighted by molar-refractivity contribution is -0.324. The molecule has 0 N–H and O–H groups in total. The van der Waals surface area contributed by atoms with E-state index in [-0.39, 0.29) is 31.9 Å². The minimum atomic E-state index is -3.86. The maximum atomic E-state index is 13.7. The van der Waals surface area contributed by atoms with Gasteiger partial charge < -0.3 is 28.4 Å². The van der Waals surface area contributed by atoms with Crippen molar-refractivity contribution in [2.45, 2.75) is 128 Å². The first-order valence-electron chi connectivity index (χ1n) is 19.5. The van der Waals surface area contributed by atoms with E-state index in [4.69, 9.17) is 32.6 Å². The summed E-state index contributed by atoms with van der Waals surface area (Å²) >= 11 is 0. The summed E-state index contributed by atoms with van der Waals surface area (Å²) in [4.78, 5) is 25.1. The number of hydrogen-bond donors (Lipinski definition) is 0. The fraction of sp³-hybridized carbons (Fsp3) is 0.535. The van der Waals surface area contributed by atoms with Crippen LogP contribution >= 0.6 is 0 Å². The van der Waals surface area contributed by atoms with Gasteiger partial charge in [0.25, 0.3) is 10.1 Å². The minimum Gasteiger partial charge on any atom is -0.469 e. The Morgan fingerprint density at radius 3 is 1.82 bits per heavy atom. The normalized spacial score (nSPS) is 20.5. The molecule has 1 saturated heterocycles. The number of esters is 2. The van der Waals surface area contributed by atoms with Gasteiger partial charge in [-0.05, 0) is 42.5 Å². The third kappa shape index (κ3) is 16.2. The summed E-state index contributed by atoms with van der Waals surface area (Å²) < 4.78 is 67.3. The minimum absolute atomic E-state index is 0.156. The van der Waals surface area contributed by atoms with Crippen LogP contribution in [0.25, 0.3) is 0 Å². The zero-order valence-corrected chi connectivity index (χ0v) is 33.2. The van der Waals surface area contributed by atoms with Gasteiger partial charge in [-0.25, -0.2) is 4.79 Å².